The van der Waals surface area contributed by atoms with Gasteiger partial charge in [-0.15, -0.1) is 11.8 Å². The van der Waals surface area contributed by atoms with E-state index in [1.54, 1.807) is 12.1 Å². The number of hydrogen-bond acceptors (Lipinski definition) is 3. The van der Waals surface area contributed by atoms with Crippen LogP contribution in [0, 0.1) is 0 Å². The molecule has 1 aromatic carbocycles. The van der Waals surface area contributed by atoms with E-state index in [9.17, 15) is 4.79 Å². The predicted molar refractivity (Wildman–Crippen MR) is 51.2 cm³/mol. The first-order valence-corrected chi connectivity index (χ1v) is 4.61. The van der Waals surface area contributed by atoms with Crippen LogP contribution >= 0.6 is 11.8 Å². The van der Waals surface area contributed by atoms with E-state index >= 15 is 0 Å². The number of amides is 1. The summed E-state index contributed by atoms with van der Waals surface area (Å²) in [6.07, 6.45) is 1.88. The summed E-state index contributed by atoms with van der Waals surface area (Å²) in [6, 6.07) is 5.29. The fourth-order valence-electron chi connectivity index (χ4n) is 0.982. The molecule has 0 radical (unpaired) electrons. The van der Waals surface area contributed by atoms with Crippen molar-refractivity contribution in [3.05, 3.63) is 23.8 Å². The molecule has 0 heterocycles. The normalized spacial score (nSPS) is 9.75. The monoisotopic (exact) mass is 182 g/mol. The zero-order valence-corrected chi connectivity index (χ0v) is 7.52. The third-order valence-electron chi connectivity index (χ3n) is 1.52. The van der Waals surface area contributed by atoms with E-state index < -0.39 is 5.91 Å². The Hall–Kier alpha value is -1.16. The van der Waals surface area contributed by atoms with Gasteiger partial charge in [-0.2, -0.15) is 0 Å². The number of rotatable bonds is 2. The van der Waals surface area contributed by atoms with Crippen molar-refractivity contribution in [3.63, 3.8) is 0 Å². The van der Waals surface area contributed by atoms with E-state index in [1.165, 1.54) is 11.8 Å². The molecular weight excluding hydrogens is 172 g/mol. The molecule has 0 saturated heterocycles. The smallest absolute Gasteiger partial charge is 0.251 e. The van der Waals surface area contributed by atoms with Crippen LogP contribution in [0.5, 0.6) is 0 Å². The molecule has 1 rings (SSSR count). The molecule has 0 aliphatic carbocycles. The van der Waals surface area contributed by atoms with Gasteiger partial charge in [0, 0.05) is 10.6 Å². The quantitative estimate of drug-likeness (QED) is 0.531. The lowest BCUT2D eigenvalue weighted by Crippen LogP contribution is -2.14. The van der Waals surface area contributed by atoms with Gasteiger partial charge in [0.05, 0.1) is 5.56 Å². The van der Waals surface area contributed by atoms with Gasteiger partial charge in [0.2, 0.25) is 0 Å². The maximum Gasteiger partial charge on any atom is 0.251 e. The number of thioether (sulfide) groups is 1. The Labute approximate surface area is 75.1 Å². The van der Waals surface area contributed by atoms with Crippen molar-refractivity contribution in [1.82, 2.24) is 0 Å². The standard InChI is InChI=1S/C8H10N2OS/c1-12-6-4-2-3-5(9)7(6)8(10)11/h2-4H,9H2,1H3,(H2,10,11). The molecule has 0 unspecified atom stereocenters. The van der Waals surface area contributed by atoms with Crippen molar-refractivity contribution in [2.24, 2.45) is 5.73 Å². The summed E-state index contributed by atoms with van der Waals surface area (Å²) < 4.78 is 0. The Morgan fingerprint density at radius 2 is 2.17 bits per heavy atom. The van der Waals surface area contributed by atoms with Gasteiger partial charge in [0.25, 0.3) is 5.91 Å². The Morgan fingerprint density at radius 3 is 2.58 bits per heavy atom. The third kappa shape index (κ3) is 1.53. The van der Waals surface area contributed by atoms with Crippen LogP contribution in [-0.4, -0.2) is 12.2 Å². The van der Waals surface area contributed by atoms with Crippen LogP contribution in [0.2, 0.25) is 0 Å². The van der Waals surface area contributed by atoms with Crippen molar-refractivity contribution < 1.29 is 4.79 Å². The van der Waals surface area contributed by atoms with Crippen LogP contribution in [0.25, 0.3) is 0 Å². The number of hydrogen-bond donors (Lipinski definition) is 2. The van der Waals surface area contributed by atoms with Gasteiger partial charge in [0.1, 0.15) is 0 Å². The van der Waals surface area contributed by atoms with Gasteiger partial charge in [-0.05, 0) is 18.4 Å². The maximum absolute atomic E-state index is 10.9. The minimum Gasteiger partial charge on any atom is -0.398 e. The lowest BCUT2D eigenvalue weighted by Gasteiger charge is -2.05. The van der Waals surface area contributed by atoms with Crippen molar-refractivity contribution in [2.75, 3.05) is 12.0 Å². The third-order valence-corrected chi connectivity index (χ3v) is 2.30. The predicted octanol–water partition coefficient (Wildman–Crippen LogP) is 1.09. The average Bonchev–Trinajstić information content (AvgIpc) is 2.03. The van der Waals surface area contributed by atoms with Gasteiger partial charge in [-0.25, -0.2) is 0 Å². The van der Waals surface area contributed by atoms with Crippen molar-refractivity contribution >= 4 is 23.4 Å². The van der Waals surface area contributed by atoms with Crippen LogP contribution in [0.3, 0.4) is 0 Å². The second-order valence-corrected chi connectivity index (χ2v) is 3.14. The summed E-state index contributed by atoms with van der Waals surface area (Å²) >= 11 is 1.46. The fraction of sp³-hybridized carbons (Fsp3) is 0.125. The molecule has 0 aliphatic heterocycles. The molecule has 1 aromatic rings. The summed E-state index contributed by atoms with van der Waals surface area (Å²) in [5, 5.41) is 0. The number of anilines is 1. The number of nitrogen functional groups attached to an aromatic ring is 1. The Kier molecular flexibility index (Phi) is 2.60. The van der Waals surface area contributed by atoms with Crippen LogP contribution in [0.4, 0.5) is 5.69 Å². The molecule has 0 aliphatic rings. The fourth-order valence-corrected chi connectivity index (χ4v) is 1.62. The lowest BCUT2D eigenvalue weighted by atomic mass is 10.2. The summed E-state index contributed by atoms with van der Waals surface area (Å²) in [6.45, 7) is 0. The summed E-state index contributed by atoms with van der Waals surface area (Å²) in [5.41, 5.74) is 11.6. The minimum atomic E-state index is -0.475. The highest BCUT2D eigenvalue weighted by molar-refractivity contribution is 7.98. The Morgan fingerprint density at radius 1 is 1.50 bits per heavy atom. The highest BCUT2D eigenvalue weighted by Crippen LogP contribution is 2.24. The van der Waals surface area contributed by atoms with Crippen molar-refractivity contribution in [1.29, 1.82) is 0 Å². The van der Waals surface area contributed by atoms with Gasteiger partial charge in [-0.3, -0.25) is 4.79 Å². The largest absolute Gasteiger partial charge is 0.398 e. The van der Waals surface area contributed by atoms with Crippen molar-refractivity contribution in [3.8, 4) is 0 Å². The van der Waals surface area contributed by atoms with E-state index in [-0.39, 0.29) is 0 Å². The topological polar surface area (TPSA) is 69.1 Å². The number of carbonyl (C=O) groups excluding carboxylic acids is 1. The molecule has 0 atom stereocenters. The minimum absolute atomic E-state index is 0.421. The van der Waals surface area contributed by atoms with E-state index in [4.69, 9.17) is 11.5 Å². The molecule has 1 amide bonds. The molecule has 12 heavy (non-hydrogen) atoms. The molecule has 0 bridgehead atoms. The zero-order valence-electron chi connectivity index (χ0n) is 6.70. The average molecular weight is 182 g/mol. The highest BCUT2D eigenvalue weighted by Gasteiger charge is 2.09. The van der Waals surface area contributed by atoms with Crippen LogP contribution in [0.1, 0.15) is 10.4 Å². The molecule has 0 aromatic heterocycles. The van der Waals surface area contributed by atoms with Crippen molar-refractivity contribution in [2.45, 2.75) is 4.90 Å². The molecule has 64 valence electrons. The second-order valence-electron chi connectivity index (χ2n) is 2.29. The van der Waals surface area contributed by atoms with E-state index in [0.717, 1.165) is 4.90 Å². The number of benzene rings is 1. The number of primary amides is 1. The second kappa shape index (κ2) is 3.49. The maximum atomic E-state index is 10.9. The van der Waals surface area contributed by atoms with Gasteiger partial charge in [0.15, 0.2) is 0 Å². The molecule has 0 fully saturated rings. The number of carbonyl (C=O) groups is 1. The van der Waals surface area contributed by atoms with Gasteiger partial charge < -0.3 is 11.5 Å². The van der Waals surface area contributed by atoms with E-state index in [0.29, 0.717) is 11.3 Å². The van der Waals surface area contributed by atoms with Crippen LogP contribution < -0.4 is 11.5 Å². The summed E-state index contributed by atoms with van der Waals surface area (Å²) in [4.78, 5) is 11.8. The highest BCUT2D eigenvalue weighted by atomic mass is 32.2. The molecule has 4 N–H and O–H groups in total. The lowest BCUT2D eigenvalue weighted by molar-refractivity contribution is 0.0998. The molecule has 0 spiro atoms. The summed E-state index contributed by atoms with van der Waals surface area (Å²) in [7, 11) is 0. The van der Waals surface area contributed by atoms with Gasteiger partial charge >= 0.3 is 0 Å². The summed E-state index contributed by atoms with van der Waals surface area (Å²) in [5.74, 6) is -0.475. The zero-order chi connectivity index (χ0) is 9.14. The first-order valence-electron chi connectivity index (χ1n) is 3.39. The number of nitrogens with two attached hydrogens (primary N) is 2. The van der Waals surface area contributed by atoms with E-state index in [1.807, 2.05) is 12.3 Å². The van der Waals surface area contributed by atoms with E-state index in [2.05, 4.69) is 0 Å². The molecular formula is C8H10N2OS. The first kappa shape index (κ1) is 8.93. The van der Waals surface area contributed by atoms with Crippen LogP contribution in [-0.2, 0) is 0 Å². The Balaban J connectivity index is 3.29. The molecule has 0 saturated carbocycles. The van der Waals surface area contributed by atoms with Gasteiger partial charge in [-0.1, -0.05) is 6.07 Å². The molecule has 3 nitrogen and oxygen atoms in total. The molecule has 4 heteroatoms. The SMILES string of the molecule is CSc1cccc(N)c1C(N)=O. The van der Waals surface area contributed by atoms with Crippen LogP contribution in [0.15, 0.2) is 23.1 Å². The first-order chi connectivity index (χ1) is 5.66. The Bertz CT molecular complexity index is 312.